The Kier molecular flexibility index (Phi) is 11.9. The van der Waals surface area contributed by atoms with Crippen LogP contribution >= 0.6 is 0 Å². The molecule has 61 heavy (non-hydrogen) atoms. The highest BCUT2D eigenvalue weighted by molar-refractivity contribution is 5.66. The van der Waals surface area contributed by atoms with Crippen LogP contribution in [0, 0.1) is 5.82 Å². The Bertz CT molecular complexity index is 2560. The molecule has 0 amide bonds. The van der Waals surface area contributed by atoms with Crippen LogP contribution in [0.5, 0.6) is 0 Å². The van der Waals surface area contributed by atoms with Gasteiger partial charge in [-0.15, -0.1) is 0 Å². The Hall–Kier alpha value is -6.58. The summed E-state index contributed by atoms with van der Waals surface area (Å²) in [6, 6.07) is 33.0. The van der Waals surface area contributed by atoms with Crippen molar-refractivity contribution in [3.05, 3.63) is 173 Å². The van der Waals surface area contributed by atoms with Crippen LogP contribution in [0.2, 0.25) is 0 Å². The fraction of sp³-hybridized carbons (Fsp3) is 0.283. The van der Waals surface area contributed by atoms with Crippen molar-refractivity contribution in [1.82, 2.24) is 34.3 Å². The molecule has 1 aliphatic heterocycles. The minimum Gasteiger partial charge on any atom is -0.377 e. The number of anilines is 2. The summed E-state index contributed by atoms with van der Waals surface area (Å²) in [7, 11) is 0. The third-order valence-corrected chi connectivity index (χ3v) is 11.4. The average molecular weight is 830 g/mol. The number of alkyl halides is 2. The fourth-order valence-corrected chi connectivity index (χ4v) is 7.89. The molecular weight excluding hydrogens is 784 g/mol. The van der Waals surface area contributed by atoms with Crippen molar-refractivity contribution in [3.63, 3.8) is 0 Å². The summed E-state index contributed by atoms with van der Waals surface area (Å²) in [5.41, 5.74) is 0.700. The highest BCUT2D eigenvalue weighted by Crippen LogP contribution is 2.46. The molecule has 0 bridgehead atoms. The fourth-order valence-electron chi connectivity index (χ4n) is 7.89. The monoisotopic (exact) mass is 829 g/mol. The molecule has 0 spiro atoms. The molecule has 0 radical (unpaired) electrons. The first-order valence-electron chi connectivity index (χ1n) is 20.2. The maximum absolute atomic E-state index is 16.2. The van der Waals surface area contributed by atoms with Crippen molar-refractivity contribution >= 4 is 11.4 Å². The molecule has 1 fully saturated rings. The Balaban J connectivity index is 0.883. The summed E-state index contributed by atoms with van der Waals surface area (Å²) in [5.74, 6) is -5.00. The first-order chi connectivity index (χ1) is 29.6. The van der Waals surface area contributed by atoms with Gasteiger partial charge in [0.05, 0.1) is 36.8 Å². The van der Waals surface area contributed by atoms with Crippen molar-refractivity contribution in [2.75, 3.05) is 36.0 Å². The molecule has 12 nitrogen and oxygen atoms in total. The number of nitrogens with zero attached hydrogens (tertiary/aromatic N) is 9. The van der Waals surface area contributed by atoms with Crippen LogP contribution in [0.15, 0.2) is 145 Å². The van der Waals surface area contributed by atoms with Crippen molar-refractivity contribution < 1.29 is 23.0 Å². The lowest BCUT2D eigenvalue weighted by Crippen LogP contribution is -2.48. The summed E-state index contributed by atoms with van der Waals surface area (Å²) >= 11 is 0. The second-order valence-electron chi connectivity index (χ2n) is 15.1. The molecular formula is C46H46F3N9O3. The van der Waals surface area contributed by atoms with Gasteiger partial charge in [-0.1, -0.05) is 73.7 Å². The van der Waals surface area contributed by atoms with Crippen LogP contribution in [-0.2, 0) is 29.4 Å². The first-order valence-corrected chi connectivity index (χ1v) is 20.2. The van der Waals surface area contributed by atoms with Crippen molar-refractivity contribution in [2.45, 2.75) is 57.1 Å². The molecule has 3 atom stereocenters. The molecule has 15 heteroatoms. The molecule has 7 aromatic rings. The van der Waals surface area contributed by atoms with E-state index in [4.69, 9.17) is 4.74 Å². The van der Waals surface area contributed by atoms with Gasteiger partial charge in [0.15, 0.2) is 5.60 Å². The van der Waals surface area contributed by atoms with Gasteiger partial charge in [-0.05, 0) is 73.0 Å². The van der Waals surface area contributed by atoms with Crippen LogP contribution < -0.4 is 15.5 Å². The van der Waals surface area contributed by atoms with E-state index in [0.717, 1.165) is 77.4 Å². The molecule has 8 rings (SSSR count). The average Bonchev–Trinajstić information content (AvgIpc) is 3.96. The molecule has 0 saturated carbocycles. The van der Waals surface area contributed by atoms with E-state index in [2.05, 4.69) is 30.1 Å². The largest absolute Gasteiger partial charge is 0.377 e. The van der Waals surface area contributed by atoms with Crippen LogP contribution in [0.4, 0.5) is 24.5 Å². The normalized spacial score (nSPS) is 15.4. The number of hydrogen-bond acceptors (Lipinski definition) is 9. The number of ether oxygens (including phenoxy) is 1. The summed E-state index contributed by atoms with van der Waals surface area (Å²) in [4.78, 5) is 23.1. The van der Waals surface area contributed by atoms with E-state index >= 15 is 8.78 Å². The zero-order valence-corrected chi connectivity index (χ0v) is 33.8. The smallest absolute Gasteiger partial charge is 0.350 e. The van der Waals surface area contributed by atoms with E-state index in [0.29, 0.717) is 18.6 Å². The van der Waals surface area contributed by atoms with Gasteiger partial charge in [-0.25, -0.2) is 18.4 Å². The van der Waals surface area contributed by atoms with E-state index in [9.17, 15) is 14.3 Å². The minimum atomic E-state index is -4.02. The molecule has 1 saturated heterocycles. The topological polar surface area (TPSA) is 119 Å². The number of aromatic nitrogens is 7. The summed E-state index contributed by atoms with van der Waals surface area (Å²) in [6.07, 6.45) is 5.94. The van der Waals surface area contributed by atoms with Crippen molar-refractivity contribution in [2.24, 2.45) is 0 Å². The number of pyridine rings is 1. The number of piperazine rings is 1. The molecule has 314 valence electrons. The Morgan fingerprint density at radius 1 is 0.754 bits per heavy atom. The number of rotatable bonds is 15. The van der Waals surface area contributed by atoms with Crippen LogP contribution in [-0.4, -0.2) is 71.7 Å². The minimum absolute atomic E-state index is 0.213. The molecule has 4 heterocycles. The number of benzene rings is 4. The molecule has 1 N–H and O–H groups in total. The lowest BCUT2D eigenvalue weighted by Gasteiger charge is -2.37. The molecule has 0 aliphatic carbocycles. The Morgan fingerprint density at radius 3 is 1.95 bits per heavy atom. The van der Waals surface area contributed by atoms with Crippen LogP contribution in [0.25, 0.3) is 16.8 Å². The number of hydrogen-bond donors (Lipinski definition) is 1. The van der Waals surface area contributed by atoms with Crippen LogP contribution in [0.1, 0.15) is 43.1 Å². The molecule has 3 unspecified atom stereocenters. The van der Waals surface area contributed by atoms with Crippen molar-refractivity contribution in [3.8, 4) is 16.8 Å². The quantitative estimate of drug-likeness (QED) is 0.113. The van der Waals surface area contributed by atoms with Gasteiger partial charge >= 0.3 is 11.6 Å². The van der Waals surface area contributed by atoms with E-state index in [1.54, 1.807) is 10.9 Å². The maximum Gasteiger partial charge on any atom is 0.350 e. The SMILES string of the molecule is CCC(C(C)OCc1ccccc1)n1ncn(-c2ccc(N3CCN(c4ccc(-c5ccc(C(F)(F)C(O)(Cn6nccn6)c6ccccc6F)nc5)cc4)CC3)cc2)c1=O. The molecule has 4 aromatic carbocycles. The van der Waals surface area contributed by atoms with Gasteiger partial charge in [0.25, 0.3) is 0 Å². The standard InChI is InChI=1S/C46H46F3N9O3/c1-3-42(33(2)61-30-34-9-5-4-6-10-34)58-44(59)56(32-53-58)39-20-18-38(19-21-39)55-27-25-54(26-28-55)37-16-13-35(14-17-37)36-15-22-43(50-29-36)46(48,49)45(60,31-57-51-23-24-52-57)40-11-7-8-12-41(40)47/h4-24,29,32-33,42,60H,3,25-28,30-31H2,1-2H3. The predicted molar refractivity (Wildman–Crippen MR) is 226 cm³/mol. The zero-order chi connectivity index (χ0) is 42.6. The van der Waals surface area contributed by atoms with E-state index in [1.807, 2.05) is 92.7 Å². The van der Waals surface area contributed by atoms with E-state index in [-0.39, 0.29) is 17.8 Å². The first kappa shape index (κ1) is 41.2. The molecule has 3 aromatic heterocycles. The molecule has 1 aliphatic rings. The maximum atomic E-state index is 16.2. The lowest BCUT2D eigenvalue weighted by molar-refractivity contribution is -0.208. The van der Waals surface area contributed by atoms with Gasteiger partial charge in [0.1, 0.15) is 24.4 Å². The second kappa shape index (κ2) is 17.6. The van der Waals surface area contributed by atoms with Gasteiger partial charge < -0.3 is 19.6 Å². The summed E-state index contributed by atoms with van der Waals surface area (Å²) in [6.45, 7) is 6.78. The third kappa shape index (κ3) is 8.43. The zero-order valence-electron chi connectivity index (χ0n) is 33.8. The predicted octanol–water partition coefficient (Wildman–Crippen LogP) is 7.39. The van der Waals surface area contributed by atoms with Gasteiger partial charge in [-0.2, -0.15) is 28.9 Å². The van der Waals surface area contributed by atoms with Crippen LogP contribution in [0.3, 0.4) is 0 Å². The Labute approximate surface area is 351 Å². The summed E-state index contributed by atoms with van der Waals surface area (Å²) in [5, 5.41) is 23.7. The highest BCUT2D eigenvalue weighted by atomic mass is 19.3. The van der Waals surface area contributed by atoms with Gasteiger partial charge in [0, 0.05) is 54.9 Å². The van der Waals surface area contributed by atoms with E-state index in [1.165, 1.54) is 41.5 Å². The lowest BCUT2D eigenvalue weighted by atomic mass is 9.84. The summed E-state index contributed by atoms with van der Waals surface area (Å²) < 4.78 is 56.6. The highest BCUT2D eigenvalue weighted by Gasteiger charge is 2.58. The number of halogens is 3. The number of aliphatic hydroxyl groups is 1. The van der Waals surface area contributed by atoms with E-state index < -0.39 is 35.1 Å². The van der Waals surface area contributed by atoms with Gasteiger partial charge in [-0.3, -0.25) is 4.98 Å². The van der Waals surface area contributed by atoms with Gasteiger partial charge in [0.2, 0.25) is 0 Å². The third-order valence-electron chi connectivity index (χ3n) is 11.4. The van der Waals surface area contributed by atoms with Crippen molar-refractivity contribution in [1.29, 1.82) is 0 Å². The second-order valence-corrected chi connectivity index (χ2v) is 15.1. The Morgan fingerprint density at radius 2 is 1.34 bits per heavy atom.